The number of carboxylic acid groups (broad SMARTS) is 1. The maximum Gasteiger partial charge on any atom is 0.337 e. The minimum Gasteiger partial charge on any atom is -0.478 e. The number of aryl methyl sites for hydroxylation is 2. The lowest BCUT2D eigenvalue weighted by Crippen LogP contribution is -2.03. The summed E-state index contributed by atoms with van der Waals surface area (Å²) in [5.41, 5.74) is 3.40. The van der Waals surface area contributed by atoms with Crippen molar-refractivity contribution in [2.75, 3.05) is 5.32 Å². The molecule has 0 atom stereocenters. The Bertz CT molecular complexity index is 707. The van der Waals surface area contributed by atoms with Gasteiger partial charge in [-0.15, -0.1) is 0 Å². The van der Waals surface area contributed by atoms with Crippen LogP contribution in [0, 0.1) is 13.8 Å². The van der Waals surface area contributed by atoms with Gasteiger partial charge >= 0.3 is 5.97 Å². The summed E-state index contributed by atoms with van der Waals surface area (Å²) < 4.78 is 0. The predicted molar refractivity (Wildman–Crippen MR) is 80.4 cm³/mol. The summed E-state index contributed by atoms with van der Waals surface area (Å²) in [5.74, 6) is -1.09. The lowest BCUT2D eigenvalue weighted by atomic mass is 10.1. The molecule has 2 aromatic carbocycles. The largest absolute Gasteiger partial charge is 0.478 e. The molecule has 0 unspecified atom stereocenters. The molecular weight excluding hydrogens is 268 g/mol. The van der Waals surface area contributed by atoms with Gasteiger partial charge in [-0.3, -0.25) is 0 Å². The second-order valence-electron chi connectivity index (χ2n) is 4.71. The molecule has 2 rings (SSSR count). The maximum absolute atomic E-state index is 11.3. The van der Waals surface area contributed by atoms with Crippen molar-refractivity contribution >= 4 is 29.1 Å². The standard InChI is InChI=1S/C16H14N2O3/c1-10-6-11(2)8-12(7-10)18-15-13(16(20)21)4-3-5-14(15)17-9-19/h3-8,18H,1-2H3,(H,20,21). The number of para-hydroxylation sites is 1. The number of carboxylic acids is 1. The van der Waals surface area contributed by atoms with Crippen molar-refractivity contribution in [2.24, 2.45) is 4.99 Å². The molecule has 0 radical (unpaired) electrons. The smallest absolute Gasteiger partial charge is 0.337 e. The number of benzene rings is 2. The quantitative estimate of drug-likeness (QED) is 0.661. The molecule has 106 valence electrons. The number of carbonyl (C=O) groups excluding carboxylic acids is 1. The van der Waals surface area contributed by atoms with Crippen LogP contribution in [0.3, 0.4) is 0 Å². The Morgan fingerprint density at radius 3 is 2.43 bits per heavy atom. The number of nitrogens with one attached hydrogen (secondary N) is 1. The molecule has 2 N–H and O–H groups in total. The van der Waals surface area contributed by atoms with Crippen LogP contribution in [0.2, 0.25) is 0 Å². The molecule has 0 aliphatic rings. The third kappa shape index (κ3) is 3.35. The topological polar surface area (TPSA) is 78.8 Å². The van der Waals surface area contributed by atoms with Crippen LogP contribution in [0.15, 0.2) is 41.4 Å². The van der Waals surface area contributed by atoms with Gasteiger partial charge in [0.05, 0.1) is 11.3 Å². The molecule has 2 aromatic rings. The fraction of sp³-hybridized carbons (Fsp3) is 0.125. The molecule has 0 amide bonds. The van der Waals surface area contributed by atoms with Crippen molar-refractivity contribution in [2.45, 2.75) is 13.8 Å². The molecule has 0 spiro atoms. The lowest BCUT2D eigenvalue weighted by molar-refractivity contribution is 0.0698. The highest BCUT2D eigenvalue weighted by Gasteiger charge is 2.14. The first kappa shape index (κ1) is 14.5. The number of nitrogens with zero attached hydrogens (tertiary/aromatic N) is 1. The minimum atomic E-state index is -1.09. The van der Waals surface area contributed by atoms with E-state index in [1.165, 1.54) is 18.2 Å². The first-order valence-electron chi connectivity index (χ1n) is 6.31. The van der Waals surface area contributed by atoms with Crippen LogP contribution in [-0.2, 0) is 4.79 Å². The molecule has 5 nitrogen and oxygen atoms in total. The van der Waals surface area contributed by atoms with Crippen molar-refractivity contribution in [3.63, 3.8) is 0 Å². The Morgan fingerprint density at radius 1 is 1.19 bits per heavy atom. The Balaban J connectivity index is 2.55. The summed E-state index contributed by atoms with van der Waals surface area (Å²) in [4.78, 5) is 25.4. The van der Waals surface area contributed by atoms with Crippen molar-refractivity contribution in [1.29, 1.82) is 0 Å². The first-order valence-corrected chi connectivity index (χ1v) is 6.31. The molecule has 21 heavy (non-hydrogen) atoms. The summed E-state index contributed by atoms with van der Waals surface area (Å²) in [7, 11) is 0. The molecule has 0 aliphatic heterocycles. The van der Waals surface area contributed by atoms with Gasteiger partial charge in [-0.25, -0.2) is 9.59 Å². The second kappa shape index (κ2) is 6.03. The van der Waals surface area contributed by atoms with E-state index in [2.05, 4.69) is 10.3 Å². The first-order chi connectivity index (χ1) is 10.0. The van der Waals surface area contributed by atoms with Crippen molar-refractivity contribution in [3.05, 3.63) is 53.1 Å². The van der Waals surface area contributed by atoms with Crippen molar-refractivity contribution in [1.82, 2.24) is 0 Å². The normalized spacial score (nSPS) is 9.81. The number of aliphatic imine (C=N–C) groups is 1. The number of anilines is 2. The van der Waals surface area contributed by atoms with Crippen LogP contribution in [0.1, 0.15) is 21.5 Å². The third-order valence-corrected chi connectivity index (χ3v) is 2.93. The lowest BCUT2D eigenvalue weighted by Gasteiger charge is -2.13. The number of carbonyl (C=O) groups is 1. The van der Waals surface area contributed by atoms with Crippen LogP contribution in [0.4, 0.5) is 17.1 Å². The fourth-order valence-corrected chi connectivity index (χ4v) is 2.18. The average Bonchev–Trinajstić information content (AvgIpc) is 2.39. The maximum atomic E-state index is 11.3. The zero-order chi connectivity index (χ0) is 15.4. The molecule has 0 heterocycles. The highest BCUT2D eigenvalue weighted by Crippen LogP contribution is 2.32. The van der Waals surface area contributed by atoms with E-state index >= 15 is 0 Å². The van der Waals surface area contributed by atoms with E-state index in [9.17, 15) is 14.7 Å². The molecule has 0 bridgehead atoms. The van der Waals surface area contributed by atoms with Crippen LogP contribution in [0.5, 0.6) is 0 Å². The van der Waals surface area contributed by atoms with Gasteiger partial charge in [0.1, 0.15) is 5.69 Å². The zero-order valence-electron chi connectivity index (χ0n) is 11.7. The number of hydrogen-bond donors (Lipinski definition) is 2. The summed E-state index contributed by atoms with van der Waals surface area (Å²) in [6.45, 7) is 3.90. The van der Waals surface area contributed by atoms with E-state index in [0.717, 1.165) is 16.8 Å². The molecule has 0 saturated heterocycles. The fourth-order valence-electron chi connectivity index (χ4n) is 2.18. The Labute approximate surface area is 122 Å². The van der Waals surface area contributed by atoms with E-state index in [-0.39, 0.29) is 16.9 Å². The predicted octanol–water partition coefficient (Wildman–Crippen LogP) is 3.71. The number of aromatic carboxylic acids is 1. The molecule has 0 aromatic heterocycles. The summed E-state index contributed by atoms with van der Waals surface area (Å²) >= 11 is 0. The molecule has 0 fully saturated rings. The highest BCUT2D eigenvalue weighted by atomic mass is 16.4. The van der Waals surface area contributed by atoms with Gasteiger partial charge in [0.25, 0.3) is 0 Å². The second-order valence-corrected chi connectivity index (χ2v) is 4.71. The summed E-state index contributed by atoms with van der Waals surface area (Å²) in [6, 6.07) is 10.3. The van der Waals surface area contributed by atoms with Gasteiger partial charge in [0.2, 0.25) is 6.08 Å². The van der Waals surface area contributed by atoms with Gasteiger partial charge in [0, 0.05) is 5.69 Å². The Morgan fingerprint density at radius 2 is 1.86 bits per heavy atom. The number of hydrogen-bond acceptors (Lipinski definition) is 4. The SMILES string of the molecule is Cc1cc(C)cc(Nc2c(N=C=O)cccc2C(=O)O)c1. The third-order valence-electron chi connectivity index (χ3n) is 2.93. The van der Waals surface area contributed by atoms with Crippen LogP contribution < -0.4 is 5.32 Å². The molecule has 5 heteroatoms. The van der Waals surface area contributed by atoms with Crippen LogP contribution >= 0.6 is 0 Å². The summed E-state index contributed by atoms with van der Waals surface area (Å²) in [5, 5.41) is 12.3. The van der Waals surface area contributed by atoms with Gasteiger partial charge in [0.15, 0.2) is 0 Å². The van der Waals surface area contributed by atoms with Crippen molar-refractivity contribution < 1.29 is 14.7 Å². The minimum absolute atomic E-state index is 0.0469. The summed E-state index contributed by atoms with van der Waals surface area (Å²) in [6.07, 6.45) is 1.44. The van der Waals surface area contributed by atoms with Gasteiger partial charge in [-0.2, -0.15) is 4.99 Å². The van der Waals surface area contributed by atoms with E-state index in [0.29, 0.717) is 0 Å². The highest BCUT2D eigenvalue weighted by molar-refractivity contribution is 5.99. The van der Waals surface area contributed by atoms with E-state index < -0.39 is 5.97 Å². The van der Waals surface area contributed by atoms with E-state index in [1.807, 2.05) is 32.0 Å². The van der Waals surface area contributed by atoms with Crippen LogP contribution in [-0.4, -0.2) is 17.2 Å². The van der Waals surface area contributed by atoms with E-state index in [1.54, 1.807) is 6.07 Å². The number of isocyanates is 1. The zero-order valence-corrected chi connectivity index (χ0v) is 11.7. The van der Waals surface area contributed by atoms with Gasteiger partial charge < -0.3 is 10.4 Å². The Hall–Kier alpha value is -2.91. The molecule has 0 saturated carbocycles. The molecular formula is C16H14N2O3. The molecule has 0 aliphatic carbocycles. The van der Waals surface area contributed by atoms with Gasteiger partial charge in [-0.05, 0) is 49.2 Å². The van der Waals surface area contributed by atoms with Crippen molar-refractivity contribution in [3.8, 4) is 0 Å². The van der Waals surface area contributed by atoms with E-state index in [4.69, 9.17) is 0 Å². The monoisotopic (exact) mass is 282 g/mol. The van der Waals surface area contributed by atoms with Crippen LogP contribution in [0.25, 0.3) is 0 Å². The Kier molecular flexibility index (Phi) is 4.16. The number of rotatable bonds is 4. The van der Waals surface area contributed by atoms with Gasteiger partial charge in [-0.1, -0.05) is 12.1 Å². The average molecular weight is 282 g/mol.